The fourth-order valence-electron chi connectivity index (χ4n) is 3.75. The Hall–Kier alpha value is -2.36. The van der Waals surface area contributed by atoms with Crippen LogP contribution in [0.4, 0.5) is 0 Å². The van der Waals surface area contributed by atoms with E-state index in [4.69, 9.17) is 4.74 Å². The van der Waals surface area contributed by atoms with Gasteiger partial charge in [0.25, 0.3) is 5.91 Å². The topological polar surface area (TPSA) is 75.1 Å². The molecular formula is C22H32N4O4S. The number of sulfonamides is 1. The zero-order chi connectivity index (χ0) is 22.4. The standard InChI is InChI=1S/C22H32N4O4S/c1-4-26(5-2)31(28,29)20-17-21(23(3)18-20)22(27)25-13-11-24(12-14-25)15-16-30-19-9-7-6-8-10-19/h6-10,17-18H,4-5,11-16H2,1-3H3. The summed E-state index contributed by atoms with van der Waals surface area (Å²) in [6.45, 7) is 8.54. The minimum absolute atomic E-state index is 0.135. The number of nitrogens with zero attached hydrogens (tertiary/aromatic N) is 4. The van der Waals surface area contributed by atoms with E-state index in [-0.39, 0.29) is 10.8 Å². The van der Waals surface area contributed by atoms with Crippen molar-refractivity contribution in [1.82, 2.24) is 18.7 Å². The van der Waals surface area contributed by atoms with Crippen LogP contribution < -0.4 is 4.74 Å². The van der Waals surface area contributed by atoms with Crippen LogP contribution in [0.2, 0.25) is 0 Å². The molecule has 0 aliphatic carbocycles. The number of benzene rings is 1. The van der Waals surface area contributed by atoms with Crippen LogP contribution in [0.5, 0.6) is 5.75 Å². The molecule has 3 rings (SSSR count). The average Bonchev–Trinajstić information content (AvgIpc) is 3.18. The number of carbonyl (C=O) groups is 1. The lowest BCUT2D eigenvalue weighted by Crippen LogP contribution is -2.49. The molecule has 1 fully saturated rings. The Kier molecular flexibility index (Phi) is 7.74. The van der Waals surface area contributed by atoms with Crippen molar-refractivity contribution in [3.05, 3.63) is 48.3 Å². The van der Waals surface area contributed by atoms with Crippen LogP contribution in [0.25, 0.3) is 0 Å². The summed E-state index contributed by atoms with van der Waals surface area (Å²) in [5.41, 5.74) is 0.395. The van der Waals surface area contributed by atoms with E-state index < -0.39 is 10.0 Å². The summed E-state index contributed by atoms with van der Waals surface area (Å²) in [5.74, 6) is 0.721. The molecule has 1 aliphatic rings. The number of carbonyl (C=O) groups excluding carboxylic acids is 1. The average molecular weight is 449 g/mol. The minimum Gasteiger partial charge on any atom is -0.492 e. The number of rotatable bonds is 9. The van der Waals surface area contributed by atoms with Crippen LogP contribution in [0.1, 0.15) is 24.3 Å². The number of amides is 1. The van der Waals surface area contributed by atoms with E-state index in [9.17, 15) is 13.2 Å². The highest BCUT2D eigenvalue weighted by molar-refractivity contribution is 7.89. The first-order chi connectivity index (χ1) is 14.9. The van der Waals surface area contributed by atoms with Crippen molar-refractivity contribution < 1.29 is 17.9 Å². The van der Waals surface area contributed by atoms with Gasteiger partial charge in [-0.05, 0) is 18.2 Å². The first-order valence-electron chi connectivity index (χ1n) is 10.7. The van der Waals surface area contributed by atoms with Crippen molar-refractivity contribution in [3.8, 4) is 5.75 Å². The lowest BCUT2D eigenvalue weighted by molar-refractivity contribution is 0.0611. The molecule has 9 heteroatoms. The van der Waals surface area contributed by atoms with Crippen LogP contribution in [-0.4, -0.2) is 85.4 Å². The molecule has 0 N–H and O–H groups in total. The monoisotopic (exact) mass is 448 g/mol. The van der Waals surface area contributed by atoms with E-state index in [0.717, 1.165) is 25.4 Å². The highest BCUT2D eigenvalue weighted by Crippen LogP contribution is 2.20. The molecule has 1 aromatic carbocycles. The maximum atomic E-state index is 13.0. The zero-order valence-corrected chi connectivity index (χ0v) is 19.3. The van der Waals surface area contributed by atoms with Gasteiger partial charge in [0, 0.05) is 59.1 Å². The number of ether oxygens (including phenoxy) is 1. The van der Waals surface area contributed by atoms with Gasteiger partial charge >= 0.3 is 0 Å². The Bertz CT molecular complexity index is 963. The third-order valence-electron chi connectivity index (χ3n) is 5.62. The van der Waals surface area contributed by atoms with Crippen molar-refractivity contribution in [2.75, 3.05) is 52.4 Å². The van der Waals surface area contributed by atoms with Gasteiger partial charge in [0.15, 0.2) is 0 Å². The number of hydrogen-bond acceptors (Lipinski definition) is 5. The molecule has 1 amide bonds. The summed E-state index contributed by atoms with van der Waals surface area (Å²) in [5, 5.41) is 0. The Morgan fingerprint density at radius 1 is 1.06 bits per heavy atom. The van der Waals surface area contributed by atoms with Gasteiger partial charge in [-0.15, -0.1) is 0 Å². The molecule has 1 aromatic heterocycles. The third kappa shape index (κ3) is 5.47. The van der Waals surface area contributed by atoms with Crippen molar-refractivity contribution >= 4 is 15.9 Å². The second kappa shape index (κ2) is 10.3. The normalized spacial score (nSPS) is 15.4. The van der Waals surface area contributed by atoms with Crippen molar-refractivity contribution in [2.45, 2.75) is 18.7 Å². The van der Waals surface area contributed by atoms with Crippen LogP contribution >= 0.6 is 0 Å². The molecule has 1 saturated heterocycles. The molecule has 0 spiro atoms. The van der Waals surface area contributed by atoms with Gasteiger partial charge in [0.2, 0.25) is 10.0 Å². The summed E-state index contributed by atoms with van der Waals surface area (Å²) in [7, 11) is -1.88. The highest BCUT2D eigenvalue weighted by Gasteiger charge is 2.28. The first kappa shape index (κ1) is 23.3. The van der Waals surface area contributed by atoms with Gasteiger partial charge in [0.05, 0.1) is 0 Å². The molecule has 2 aromatic rings. The SMILES string of the molecule is CCN(CC)S(=O)(=O)c1cc(C(=O)N2CCN(CCOc3ccccc3)CC2)n(C)c1. The van der Waals surface area contributed by atoms with E-state index in [1.165, 1.54) is 16.6 Å². The predicted molar refractivity (Wildman–Crippen MR) is 120 cm³/mol. The second-order valence-electron chi connectivity index (χ2n) is 7.56. The zero-order valence-electron chi connectivity index (χ0n) is 18.5. The number of aryl methyl sites for hydroxylation is 1. The van der Waals surface area contributed by atoms with Crippen molar-refractivity contribution in [3.63, 3.8) is 0 Å². The quantitative estimate of drug-likeness (QED) is 0.586. The van der Waals surface area contributed by atoms with E-state index in [2.05, 4.69) is 4.90 Å². The number of hydrogen-bond donors (Lipinski definition) is 0. The Labute approximate surface area is 185 Å². The van der Waals surface area contributed by atoms with Crippen LogP contribution in [0.3, 0.4) is 0 Å². The van der Waals surface area contributed by atoms with Crippen molar-refractivity contribution in [1.29, 1.82) is 0 Å². The Morgan fingerprint density at radius 3 is 2.32 bits per heavy atom. The summed E-state index contributed by atoms with van der Waals surface area (Å²) in [4.78, 5) is 17.3. The number of piperazine rings is 1. The molecule has 8 nitrogen and oxygen atoms in total. The maximum absolute atomic E-state index is 13.0. The highest BCUT2D eigenvalue weighted by atomic mass is 32.2. The second-order valence-corrected chi connectivity index (χ2v) is 9.49. The molecule has 31 heavy (non-hydrogen) atoms. The molecule has 0 unspecified atom stereocenters. The van der Waals surface area contributed by atoms with E-state index in [0.29, 0.717) is 38.5 Å². The van der Waals surface area contributed by atoms with Gasteiger partial charge in [0.1, 0.15) is 22.9 Å². The molecule has 2 heterocycles. The van der Waals surface area contributed by atoms with Gasteiger partial charge in [-0.25, -0.2) is 8.42 Å². The summed E-state index contributed by atoms with van der Waals surface area (Å²) in [6, 6.07) is 11.2. The fraction of sp³-hybridized carbons (Fsp3) is 0.500. The molecule has 0 atom stereocenters. The summed E-state index contributed by atoms with van der Waals surface area (Å²) in [6.07, 6.45) is 1.53. The molecular weight excluding hydrogens is 416 g/mol. The van der Waals surface area contributed by atoms with Crippen LogP contribution in [0, 0.1) is 0 Å². The van der Waals surface area contributed by atoms with Gasteiger partial charge in [-0.3, -0.25) is 9.69 Å². The number of aromatic nitrogens is 1. The van der Waals surface area contributed by atoms with Crippen molar-refractivity contribution in [2.24, 2.45) is 7.05 Å². The molecule has 170 valence electrons. The molecule has 0 bridgehead atoms. The largest absolute Gasteiger partial charge is 0.492 e. The lowest BCUT2D eigenvalue weighted by atomic mass is 10.2. The summed E-state index contributed by atoms with van der Waals surface area (Å²) < 4.78 is 34.3. The number of para-hydroxylation sites is 1. The van der Waals surface area contributed by atoms with Gasteiger partial charge in [-0.2, -0.15) is 4.31 Å². The van der Waals surface area contributed by atoms with E-state index in [1.54, 1.807) is 30.4 Å². The van der Waals surface area contributed by atoms with E-state index in [1.807, 2.05) is 30.3 Å². The van der Waals surface area contributed by atoms with Crippen LogP contribution in [0.15, 0.2) is 47.5 Å². The van der Waals surface area contributed by atoms with Crippen LogP contribution in [-0.2, 0) is 17.1 Å². The Balaban J connectivity index is 1.55. The Morgan fingerprint density at radius 2 is 1.71 bits per heavy atom. The molecule has 0 radical (unpaired) electrons. The maximum Gasteiger partial charge on any atom is 0.270 e. The van der Waals surface area contributed by atoms with E-state index >= 15 is 0 Å². The smallest absolute Gasteiger partial charge is 0.270 e. The fourth-order valence-corrected chi connectivity index (χ4v) is 5.28. The minimum atomic E-state index is -3.59. The predicted octanol–water partition coefficient (Wildman–Crippen LogP) is 1.89. The summed E-state index contributed by atoms with van der Waals surface area (Å²) >= 11 is 0. The molecule has 1 aliphatic heterocycles. The third-order valence-corrected chi connectivity index (χ3v) is 7.64. The van der Waals surface area contributed by atoms with Gasteiger partial charge < -0.3 is 14.2 Å². The first-order valence-corrected chi connectivity index (χ1v) is 12.2. The lowest BCUT2D eigenvalue weighted by Gasteiger charge is -2.34. The van der Waals surface area contributed by atoms with Gasteiger partial charge in [-0.1, -0.05) is 32.0 Å². The molecule has 0 saturated carbocycles.